The van der Waals surface area contributed by atoms with Gasteiger partial charge < -0.3 is 15.2 Å². The first-order valence-corrected chi connectivity index (χ1v) is 6.67. The highest BCUT2D eigenvalue weighted by Crippen LogP contribution is 2.18. The number of phenolic OH excluding ortho intramolecular Hbond substituents is 1. The van der Waals surface area contributed by atoms with Gasteiger partial charge in [-0.25, -0.2) is 0 Å². The van der Waals surface area contributed by atoms with Crippen LogP contribution in [-0.4, -0.2) is 24.4 Å². The minimum absolute atomic E-state index is 0.249. The van der Waals surface area contributed by atoms with Crippen molar-refractivity contribution in [3.05, 3.63) is 29.8 Å². The van der Waals surface area contributed by atoms with E-state index in [4.69, 9.17) is 4.74 Å². The number of aromatic hydroxyl groups is 1. The Hall–Kier alpha value is -1.06. The molecule has 0 aliphatic heterocycles. The van der Waals surface area contributed by atoms with E-state index in [1.54, 1.807) is 12.1 Å². The van der Waals surface area contributed by atoms with Crippen LogP contribution in [0.3, 0.4) is 0 Å². The number of nitrogens with one attached hydrogen (secondary N) is 1. The quantitative estimate of drug-likeness (QED) is 0.782. The second-order valence-electron chi connectivity index (χ2n) is 4.99. The summed E-state index contributed by atoms with van der Waals surface area (Å²) in [5.74, 6) is 0.830. The zero-order valence-electron chi connectivity index (χ0n) is 11.8. The Morgan fingerprint density at radius 3 is 2.28 bits per heavy atom. The minimum Gasteiger partial charge on any atom is -0.508 e. The van der Waals surface area contributed by atoms with Crippen molar-refractivity contribution in [2.24, 2.45) is 5.92 Å². The number of rotatable bonds is 7. The lowest BCUT2D eigenvalue weighted by molar-refractivity contribution is 0.104. The van der Waals surface area contributed by atoms with Gasteiger partial charge in [0, 0.05) is 18.7 Å². The fourth-order valence-corrected chi connectivity index (χ4v) is 1.86. The van der Waals surface area contributed by atoms with Crippen LogP contribution in [-0.2, 0) is 4.74 Å². The van der Waals surface area contributed by atoms with Gasteiger partial charge in [0.1, 0.15) is 5.75 Å². The number of ether oxygens (including phenoxy) is 1. The van der Waals surface area contributed by atoms with Crippen molar-refractivity contribution in [2.45, 2.75) is 39.8 Å². The van der Waals surface area contributed by atoms with Gasteiger partial charge in [0.15, 0.2) is 0 Å². The predicted octanol–water partition coefficient (Wildman–Crippen LogP) is 3.10. The molecular weight excluding hydrogens is 226 g/mol. The molecule has 0 radical (unpaired) electrons. The number of benzene rings is 1. The molecular formula is C15H25NO2. The third-order valence-corrected chi connectivity index (χ3v) is 3.16. The van der Waals surface area contributed by atoms with Crippen LogP contribution in [0.1, 0.15) is 39.3 Å². The van der Waals surface area contributed by atoms with E-state index in [2.05, 4.69) is 26.1 Å². The highest BCUT2D eigenvalue weighted by Gasteiger charge is 2.16. The summed E-state index contributed by atoms with van der Waals surface area (Å²) >= 11 is 0. The molecule has 18 heavy (non-hydrogen) atoms. The SMILES string of the molecule is CCOCC(NC(C)c1ccc(O)cc1)C(C)C. The van der Waals surface area contributed by atoms with E-state index in [-0.39, 0.29) is 6.04 Å². The summed E-state index contributed by atoms with van der Waals surface area (Å²) in [5.41, 5.74) is 1.18. The van der Waals surface area contributed by atoms with E-state index in [9.17, 15) is 5.11 Å². The molecule has 2 atom stereocenters. The van der Waals surface area contributed by atoms with E-state index in [0.717, 1.165) is 13.2 Å². The minimum atomic E-state index is 0.249. The fourth-order valence-electron chi connectivity index (χ4n) is 1.86. The Morgan fingerprint density at radius 1 is 1.17 bits per heavy atom. The van der Waals surface area contributed by atoms with Crippen molar-refractivity contribution in [1.82, 2.24) is 5.32 Å². The Kier molecular flexibility index (Phi) is 6.16. The summed E-state index contributed by atoms with van der Waals surface area (Å²) in [6.45, 7) is 10.0. The summed E-state index contributed by atoms with van der Waals surface area (Å²) in [4.78, 5) is 0. The molecule has 0 aliphatic carbocycles. The van der Waals surface area contributed by atoms with Gasteiger partial charge in [-0.15, -0.1) is 0 Å². The largest absolute Gasteiger partial charge is 0.508 e. The average Bonchev–Trinajstić information content (AvgIpc) is 2.34. The van der Waals surface area contributed by atoms with E-state index in [1.807, 2.05) is 19.1 Å². The zero-order valence-corrected chi connectivity index (χ0v) is 11.8. The standard InChI is InChI=1S/C15H25NO2/c1-5-18-10-15(11(2)3)16-12(4)13-6-8-14(17)9-7-13/h6-9,11-12,15-17H,5,10H2,1-4H3. The predicted molar refractivity (Wildman–Crippen MR) is 74.8 cm³/mol. The molecule has 3 heteroatoms. The van der Waals surface area contributed by atoms with Gasteiger partial charge in [0.05, 0.1) is 6.61 Å². The molecule has 0 heterocycles. The van der Waals surface area contributed by atoms with Crippen LogP contribution in [0, 0.1) is 5.92 Å². The molecule has 0 spiro atoms. The van der Waals surface area contributed by atoms with Crippen molar-refractivity contribution in [2.75, 3.05) is 13.2 Å². The van der Waals surface area contributed by atoms with Gasteiger partial charge in [0.2, 0.25) is 0 Å². The lowest BCUT2D eigenvalue weighted by Crippen LogP contribution is -2.39. The highest BCUT2D eigenvalue weighted by atomic mass is 16.5. The molecule has 0 saturated carbocycles. The molecule has 0 saturated heterocycles. The van der Waals surface area contributed by atoms with E-state index < -0.39 is 0 Å². The van der Waals surface area contributed by atoms with Gasteiger partial charge in [-0.3, -0.25) is 0 Å². The van der Waals surface area contributed by atoms with Gasteiger partial charge >= 0.3 is 0 Å². The zero-order chi connectivity index (χ0) is 13.5. The van der Waals surface area contributed by atoms with Gasteiger partial charge in [-0.2, -0.15) is 0 Å². The third kappa shape index (κ3) is 4.67. The molecule has 1 aromatic carbocycles. The Labute approximate surface area is 110 Å². The molecule has 0 aromatic heterocycles. The highest BCUT2D eigenvalue weighted by molar-refractivity contribution is 5.27. The molecule has 0 bridgehead atoms. The molecule has 0 aliphatic rings. The molecule has 2 N–H and O–H groups in total. The molecule has 3 nitrogen and oxygen atoms in total. The number of hydrogen-bond donors (Lipinski definition) is 2. The Balaban J connectivity index is 2.59. The van der Waals surface area contributed by atoms with Crippen LogP contribution < -0.4 is 5.32 Å². The summed E-state index contributed by atoms with van der Waals surface area (Å²) in [6.07, 6.45) is 0. The number of hydrogen-bond acceptors (Lipinski definition) is 3. The summed E-state index contributed by atoms with van der Waals surface area (Å²) < 4.78 is 5.51. The monoisotopic (exact) mass is 251 g/mol. The van der Waals surface area contributed by atoms with E-state index in [1.165, 1.54) is 5.56 Å². The second kappa shape index (κ2) is 7.39. The van der Waals surface area contributed by atoms with Crippen LogP contribution in [0.2, 0.25) is 0 Å². The van der Waals surface area contributed by atoms with Crippen LogP contribution >= 0.6 is 0 Å². The molecule has 0 fully saturated rings. The normalized spacial score (nSPS) is 14.7. The fraction of sp³-hybridized carbons (Fsp3) is 0.600. The lowest BCUT2D eigenvalue weighted by Gasteiger charge is -2.26. The van der Waals surface area contributed by atoms with Crippen molar-refractivity contribution in [1.29, 1.82) is 0 Å². The maximum absolute atomic E-state index is 9.28. The van der Waals surface area contributed by atoms with Crippen molar-refractivity contribution in [3.63, 3.8) is 0 Å². The molecule has 0 amide bonds. The second-order valence-corrected chi connectivity index (χ2v) is 4.99. The Bertz CT molecular complexity index is 335. The third-order valence-electron chi connectivity index (χ3n) is 3.16. The molecule has 1 aromatic rings. The van der Waals surface area contributed by atoms with Crippen LogP contribution in [0.25, 0.3) is 0 Å². The van der Waals surface area contributed by atoms with Crippen LogP contribution in [0.15, 0.2) is 24.3 Å². The van der Waals surface area contributed by atoms with Crippen LogP contribution in [0.4, 0.5) is 0 Å². The van der Waals surface area contributed by atoms with E-state index in [0.29, 0.717) is 17.7 Å². The maximum atomic E-state index is 9.28. The van der Waals surface area contributed by atoms with Gasteiger partial charge in [-0.05, 0) is 37.5 Å². The van der Waals surface area contributed by atoms with Crippen LogP contribution in [0.5, 0.6) is 5.75 Å². The summed E-state index contributed by atoms with van der Waals surface area (Å²) in [7, 11) is 0. The topological polar surface area (TPSA) is 41.5 Å². The van der Waals surface area contributed by atoms with Crippen molar-refractivity contribution in [3.8, 4) is 5.75 Å². The molecule has 102 valence electrons. The van der Waals surface area contributed by atoms with Gasteiger partial charge in [0.25, 0.3) is 0 Å². The maximum Gasteiger partial charge on any atom is 0.115 e. The lowest BCUT2D eigenvalue weighted by atomic mass is 10.0. The first-order chi connectivity index (χ1) is 8.54. The molecule has 1 rings (SSSR count). The first kappa shape index (κ1) is 15.0. The molecule has 2 unspecified atom stereocenters. The smallest absolute Gasteiger partial charge is 0.115 e. The average molecular weight is 251 g/mol. The van der Waals surface area contributed by atoms with Crippen molar-refractivity contribution < 1.29 is 9.84 Å². The first-order valence-electron chi connectivity index (χ1n) is 6.67. The van der Waals surface area contributed by atoms with Crippen molar-refractivity contribution >= 4 is 0 Å². The Morgan fingerprint density at radius 2 is 1.78 bits per heavy atom. The number of phenols is 1. The van der Waals surface area contributed by atoms with E-state index >= 15 is 0 Å². The van der Waals surface area contributed by atoms with Gasteiger partial charge in [-0.1, -0.05) is 26.0 Å². The summed E-state index contributed by atoms with van der Waals surface area (Å²) in [5, 5.41) is 12.9. The summed E-state index contributed by atoms with van der Waals surface area (Å²) in [6, 6.07) is 7.93.